The van der Waals surface area contributed by atoms with E-state index in [1.807, 2.05) is 12.4 Å². The molecule has 1 fully saturated rings. The number of nitrogens with one attached hydrogen (secondary N) is 1. The molecule has 1 N–H and O–H groups in total. The second-order valence-corrected chi connectivity index (χ2v) is 6.57. The molecular formula is C15H20N4O2S. The molecule has 7 heteroatoms. The summed E-state index contributed by atoms with van der Waals surface area (Å²) >= 11 is 1.61. The summed E-state index contributed by atoms with van der Waals surface area (Å²) in [5.41, 5.74) is 1.50. The van der Waals surface area contributed by atoms with Gasteiger partial charge in [-0.15, -0.1) is 11.3 Å². The van der Waals surface area contributed by atoms with Crippen LogP contribution in [0.4, 0.5) is 0 Å². The number of carbonyl (C=O) groups is 1. The molecule has 22 heavy (non-hydrogen) atoms. The van der Waals surface area contributed by atoms with Gasteiger partial charge in [-0.2, -0.15) is 5.10 Å². The van der Waals surface area contributed by atoms with Crippen molar-refractivity contribution in [3.8, 4) is 0 Å². The Hall–Kier alpha value is -1.73. The van der Waals surface area contributed by atoms with E-state index in [1.165, 1.54) is 0 Å². The van der Waals surface area contributed by atoms with E-state index in [2.05, 4.69) is 22.3 Å². The fourth-order valence-electron chi connectivity index (χ4n) is 2.64. The summed E-state index contributed by atoms with van der Waals surface area (Å²) in [4.78, 5) is 16.8. The van der Waals surface area contributed by atoms with E-state index in [1.54, 1.807) is 28.4 Å². The molecule has 0 bridgehead atoms. The van der Waals surface area contributed by atoms with Gasteiger partial charge in [0.1, 0.15) is 0 Å². The van der Waals surface area contributed by atoms with Crippen LogP contribution in [-0.2, 0) is 11.8 Å². The lowest BCUT2D eigenvalue weighted by atomic mass is 10.0. The average Bonchev–Trinajstić information content (AvgIpc) is 3.23. The van der Waals surface area contributed by atoms with Gasteiger partial charge in [0.25, 0.3) is 5.91 Å². The van der Waals surface area contributed by atoms with Crippen molar-refractivity contribution in [2.45, 2.75) is 25.2 Å². The third kappa shape index (κ3) is 3.20. The Balaban J connectivity index is 1.67. The number of aryl methyl sites for hydroxylation is 1. The van der Waals surface area contributed by atoms with Gasteiger partial charge in [-0.3, -0.25) is 9.48 Å². The van der Waals surface area contributed by atoms with Crippen molar-refractivity contribution in [2.24, 2.45) is 7.05 Å². The lowest BCUT2D eigenvalue weighted by Crippen LogP contribution is -2.28. The second kappa shape index (κ2) is 6.58. The van der Waals surface area contributed by atoms with Crippen LogP contribution in [0, 0.1) is 0 Å². The molecule has 6 nitrogen and oxygen atoms in total. The van der Waals surface area contributed by atoms with Crippen LogP contribution < -0.4 is 5.32 Å². The van der Waals surface area contributed by atoms with Crippen LogP contribution in [0.1, 0.15) is 46.2 Å². The highest BCUT2D eigenvalue weighted by atomic mass is 32.1. The summed E-state index contributed by atoms with van der Waals surface area (Å²) in [6.45, 7) is 4.02. The number of thiazole rings is 1. The molecule has 1 saturated heterocycles. The summed E-state index contributed by atoms with van der Waals surface area (Å²) in [7, 11) is 1.84. The molecule has 3 heterocycles. The Bertz CT molecular complexity index is 632. The minimum atomic E-state index is -0.0709. The predicted octanol–water partition coefficient (Wildman–Crippen LogP) is 1.91. The maximum absolute atomic E-state index is 12.5. The monoisotopic (exact) mass is 320 g/mol. The Morgan fingerprint density at radius 2 is 2.50 bits per heavy atom. The number of nitrogens with zero attached hydrogens (tertiary/aromatic N) is 3. The number of rotatable bonds is 5. The van der Waals surface area contributed by atoms with Gasteiger partial charge in [0.15, 0.2) is 0 Å². The van der Waals surface area contributed by atoms with E-state index in [-0.39, 0.29) is 17.7 Å². The second-order valence-electron chi connectivity index (χ2n) is 5.64. The molecule has 0 unspecified atom stereocenters. The maximum atomic E-state index is 12.5. The van der Waals surface area contributed by atoms with E-state index < -0.39 is 0 Å². The first kappa shape index (κ1) is 15.2. The molecule has 1 aliphatic rings. The topological polar surface area (TPSA) is 69.0 Å². The first-order chi connectivity index (χ1) is 10.6. The molecule has 2 aromatic heterocycles. The SMILES string of the molecule is C[C@@H](CNC(=O)c1cn(C)nc1[C@H]1CCOC1)c1nccs1. The molecule has 0 aromatic carbocycles. The number of hydrogen-bond acceptors (Lipinski definition) is 5. The van der Waals surface area contributed by atoms with Crippen LogP contribution in [0.15, 0.2) is 17.8 Å². The summed E-state index contributed by atoms with van der Waals surface area (Å²) in [5.74, 6) is 0.357. The van der Waals surface area contributed by atoms with Gasteiger partial charge in [0, 0.05) is 49.8 Å². The van der Waals surface area contributed by atoms with E-state index in [4.69, 9.17) is 4.74 Å². The van der Waals surface area contributed by atoms with Crippen LogP contribution >= 0.6 is 11.3 Å². The third-order valence-electron chi connectivity index (χ3n) is 3.86. The van der Waals surface area contributed by atoms with Gasteiger partial charge in [-0.05, 0) is 6.42 Å². The summed E-state index contributed by atoms with van der Waals surface area (Å²) in [6, 6.07) is 0. The fourth-order valence-corrected chi connectivity index (χ4v) is 3.34. The summed E-state index contributed by atoms with van der Waals surface area (Å²) < 4.78 is 7.12. The minimum absolute atomic E-state index is 0.0709. The molecule has 1 amide bonds. The van der Waals surface area contributed by atoms with Crippen molar-refractivity contribution in [3.05, 3.63) is 34.0 Å². The van der Waals surface area contributed by atoms with Crippen LogP contribution in [0.5, 0.6) is 0 Å². The van der Waals surface area contributed by atoms with Crippen molar-refractivity contribution < 1.29 is 9.53 Å². The molecule has 0 aliphatic carbocycles. The van der Waals surface area contributed by atoms with E-state index in [0.29, 0.717) is 18.7 Å². The summed E-state index contributed by atoms with van der Waals surface area (Å²) in [6.07, 6.45) is 4.50. The van der Waals surface area contributed by atoms with Crippen LogP contribution in [0.25, 0.3) is 0 Å². The lowest BCUT2D eigenvalue weighted by molar-refractivity contribution is 0.0950. The predicted molar refractivity (Wildman–Crippen MR) is 84.2 cm³/mol. The minimum Gasteiger partial charge on any atom is -0.381 e. The first-order valence-electron chi connectivity index (χ1n) is 7.44. The smallest absolute Gasteiger partial charge is 0.254 e. The molecule has 2 aromatic rings. The third-order valence-corrected chi connectivity index (χ3v) is 4.87. The van der Waals surface area contributed by atoms with Crippen molar-refractivity contribution in [1.29, 1.82) is 0 Å². The zero-order chi connectivity index (χ0) is 15.5. The number of ether oxygens (including phenoxy) is 1. The molecule has 0 saturated carbocycles. The van der Waals surface area contributed by atoms with E-state index in [0.717, 1.165) is 23.7 Å². The van der Waals surface area contributed by atoms with Crippen LogP contribution in [0.3, 0.4) is 0 Å². The standard InChI is InChI=1S/C15H20N4O2S/c1-10(15-16-4-6-22-15)7-17-14(20)12-8-19(2)18-13(12)11-3-5-21-9-11/h4,6,8,10-11H,3,5,7,9H2,1-2H3,(H,17,20)/t10-,11-/m0/s1. The van der Waals surface area contributed by atoms with Crippen LogP contribution in [0.2, 0.25) is 0 Å². The van der Waals surface area contributed by atoms with Gasteiger partial charge in [0.05, 0.1) is 22.9 Å². The zero-order valence-electron chi connectivity index (χ0n) is 12.8. The molecule has 3 rings (SSSR count). The van der Waals surface area contributed by atoms with Gasteiger partial charge in [0.2, 0.25) is 0 Å². The average molecular weight is 320 g/mol. The highest BCUT2D eigenvalue weighted by molar-refractivity contribution is 7.09. The van der Waals surface area contributed by atoms with Crippen molar-refractivity contribution in [1.82, 2.24) is 20.1 Å². The number of hydrogen-bond donors (Lipinski definition) is 1. The highest BCUT2D eigenvalue weighted by Crippen LogP contribution is 2.26. The maximum Gasteiger partial charge on any atom is 0.254 e. The molecule has 118 valence electrons. The van der Waals surface area contributed by atoms with Gasteiger partial charge in [-0.25, -0.2) is 4.98 Å². The van der Waals surface area contributed by atoms with Gasteiger partial charge >= 0.3 is 0 Å². The molecular weight excluding hydrogens is 300 g/mol. The fraction of sp³-hybridized carbons (Fsp3) is 0.533. The summed E-state index contributed by atoms with van der Waals surface area (Å²) in [5, 5.41) is 10.4. The van der Waals surface area contributed by atoms with E-state index in [9.17, 15) is 4.79 Å². The Morgan fingerprint density at radius 1 is 1.64 bits per heavy atom. The molecule has 2 atom stereocenters. The van der Waals surface area contributed by atoms with E-state index >= 15 is 0 Å². The van der Waals surface area contributed by atoms with Gasteiger partial charge < -0.3 is 10.1 Å². The normalized spacial score (nSPS) is 19.3. The Morgan fingerprint density at radius 3 is 3.18 bits per heavy atom. The number of aromatic nitrogens is 3. The van der Waals surface area contributed by atoms with Crippen molar-refractivity contribution in [2.75, 3.05) is 19.8 Å². The Kier molecular flexibility index (Phi) is 4.54. The highest BCUT2D eigenvalue weighted by Gasteiger charge is 2.26. The molecule has 1 aliphatic heterocycles. The largest absolute Gasteiger partial charge is 0.381 e. The molecule has 0 radical (unpaired) electrons. The quantitative estimate of drug-likeness (QED) is 0.914. The van der Waals surface area contributed by atoms with Crippen LogP contribution in [-0.4, -0.2) is 40.4 Å². The lowest BCUT2D eigenvalue weighted by Gasteiger charge is -2.11. The Labute approximate surface area is 133 Å². The van der Waals surface area contributed by atoms with Crippen molar-refractivity contribution >= 4 is 17.2 Å². The number of amides is 1. The number of carbonyl (C=O) groups excluding carboxylic acids is 1. The zero-order valence-corrected chi connectivity index (χ0v) is 13.6. The molecule has 0 spiro atoms. The van der Waals surface area contributed by atoms with Crippen molar-refractivity contribution in [3.63, 3.8) is 0 Å². The van der Waals surface area contributed by atoms with Gasteiger partial charge in [-0.1, -0.05) is 6.92 Å². The first-order valence-corrected chi connectivity index (χ1v) is 8.32.